The first kappa shape index (κ1) is 10.5. The Morgan fingerprint density at radius 1 is 1.54 bits per heavy atom. The summed E-state index contributed by atoms with van der Waals surface area (Å²) in [6.07, 6.45) is 0. The van der Waals surface area contributed by atoms with Gasteiger partial charge in [-0.1, -0.05) is 0 Å². The van der Waals surface area contributed by atoms with Gasteiger partial charge in [-0.3, -0.25) is 4.79 Å². The molecule has 0 aromatic rings. The van der Waals surface area contributed by atoms with Crippen molar-refractivity contribution in [2.75, 3.05) is 31.6 Å². The van der Waals surface area contributed by atoms with Gasteiger partial charge in [0.1, 0.15) is 5.75 Å². The monoisotopic (exact) mass is 206 g/mol. The maximum absolute atomic E-state index is 11.3. The van der Waals surface area contributed by atoms with Crippen LogP contribution in [0.25, 0.3) is 0 Å². The summed E-state index contributed by atoms with van der Waals surface area (Å²) in [5, 5.41) is 5.28. The maximum Gasteiger partial charge on any atom is 0.234 e. The van der Waals surface area contributed by atoms with Crippen molar-refractivity contribution in [2.24, 2.45) is 5.92 Å². The summed E-state index contributed by atoms with van der Waals surface area (Å²) in [6.45, 7) is 1.49. The maximum atomic E-state index is 11.3. The van der Waals surface area contributed by atoms with Gasteiger partial charge in [-0.25, -0.2) is 8.42 Å². The number of carbonyl (C=O) groups excluding carboxylic acids is 1. The Morgan fingerprint density at radius 3 is 2.54 bits per heavy atom. The van der Waals surface area contributed by atoms with E-state index < -0.39 is 15.7 Å². The molecule has 0 aromatic heterocycles. The topological polar surface area (TPSA) is 75.3 Å². The number of amides is 1. The van der Waals surface area contributed by atoms with Gasteiger partial charge in [0.25, 0.3) is 0 Å². The van der Waals surface area contributed by atoms with Crippen LogP contribution in [0, 0.1) is 5.92 Å². The molecule has 0 aliphatic carbocycles. The molecule has 1 aliphatic rings. The normalized spacial score (nSPS) is 17.9. The molecular formula is C7H14N2O3S. The lowest BCUT2D eigenvalue weighted by molar-refractivity contribution is -0.118. The molecule has 1 heterocycles. The molecule has 1 rings (SSSR count). The van der Waals surface area contributed by atoms with E-state index >= 15 is 0 Å². The molecular weight excluding hydrogens is 192 g/mol. The van der Waals surface area contributed by atoms with Gasteiger partial charge in [-0.2, -0.15) is 0 Å². The van der Waals surface area contributed by atoms with Crippen molar-refractivity contribution in [1.82, 2.24) is 10.6 Å². The fourth-order valence-corrected chi connectivity index (χ4v) is 2.77. The van der Waals surface area contributed by atoms with Gasteiger partial charge < -0.3 is 10.6 Å². The molecule has 76 valence electrons. The lowest BCUT2D eigenvalue weighted by Gasteiger charge is -2.26. The standard InChI is InChI=1S/C7H14N2O3S/c1-8-7(10)5-13(11,12)4-6-2-9-3-6/h6,9H,2-5H2,1H3,(H,8,10). The summed E-state index contributed by atoms with van der Waals surface area (Å²) in [5.41, 5.74) is 0. The average Bonchev–Trinajstić information content (AvgIpc) is 1.96. The van der Waals surface area contributed by atoms with E-state index in [0.717, 1.165) is 13.1 Å². The van der Waals surface area contributed by atoms with Crippen LogP contribution in [0.4, 0.5) is 0 Å². The first-order chi connectivity index (χ1) is 6.03. The molecule has 0 atom stereocenters. The molecule has 0 unspecified atom stereocenters. The Hall–Kier alpha value is -0.620. The van der Waals surface area contributed by atoms with Gasteiger partial charge >= 0.3 is 0 Å². The van der Waals surface area contributed by atoms with Crippen LogP contribution in [0.3, 0.4) is 0 Å². The Labute approximate surface area is 77.8 Å². The zero-order valence-electron chi connectivity index (χ0n) is 7.54. The smallest absolute Gasteiger partial charge is 0.234 e. The second-order valence-corrected chi connectivity index (χ2v) is 5.36. The molecule has 1 saturated heterocycles. The van der Waals surface area contributed by atoms with Gasteiger partial charge in [0, 0.05) is 20.1 Å². The minimum atomic E-state index is -3.21. The molecule has 1 aliphatic heterocycles. The number of carbonyl (C=O) groups is 1. The van der Waals surface area contributed by atoms with Crippen molar-refractivity contribution in [3.05, 3.63) is 0 Å². The first-order valence-electron chi connectivity index (χ1n) is 4.15. The Bertz CT molecular complexity index is 282. The van der Waals surface area contributed by atoms with Crippen LogP contribution in [-0.4, -0.2) is 46.0 Å². The molecule has 2 N–H and O–H groups in total. The van der Waals surface area contributed by atoms with Gasteiger partial charge in [0.2, 0.25) is 5.91 Å². The summed E-state index contributed by atoms with van der Waals surface area (Å²) in [6, 6.07) is 0. The second-order valence-electron chi connectivity index (χ2n) is 3.25. The summed E-state index contributed by atoms with van der Waals surface area (Å²) < 4.78 is 22.6. The van der Waals surface area contributed by atoms with Gasteiger partial charge in [-0.05, 0) is 5.92 Å². The van der Waals surface area contributed by atoms with Crippen LogP contribution in [0.5, 0.6) is 0 Å². The summed E-state index contributed by atoms with van der Waals surface area (Å²) in [5.74, 6) is -0.519. The van der Waals surface area contributed by atoms with E-state index in [4.69, 9.17) is 0 Å². The zero-order valence-corrected chi connectivity index (χ0v) is 8.36. The molecule has 0 aromatic carbocycles. The molecule has 1 fully saturated rings. The molecule has 13 heavy (non-hydrogen) atoms. The highest BCUT2D eigenvalue weighted by Crippen LogP contribution is 2.07. The van der Waals surface area contributed by atoms with Crippen molar-refractivity contribution < 1.29 is 13.2 Å². The first-order valence-corrected chi connectivity index (χ1v) is 5.97. The van der Waals surface area contributed by atoms with Gasteiger partial charge in [0.15, 0.2) is 9.84 Å². The van der Waals surface area contributed by atoms with Crippen molar-refractivity contribution in [3.8, 4) is 0 Å². The van der Waals surface area contributed by atoms with Crippen LogP contribution in [0.2, 0.25) is 0 Å². The van der Waals surface area contributed by atoms with Gasteiger partial charge in [0.05, 0.1) is 5.75 Å². The Kier molecular flexibility index (Phi) is 3.27. The van der Waals surface area contributed by atoms with Crippen molar-refractivity contribution in [1.29, 1.82) is 0 Å². The number of hydrogen-bond acceptors (Lipinski definition) is 4. The van der Waals surface area contributed by atoms with Crippen molar-refractivity contribution in [2.45, 2.75) is 0 Å². The largest absolute Gasteiger partial charge is 0.358 e. The number of rotatable bonds is 4. The van der Waals surface area contributed by atoms with E-state index in [0.29, 0.717) is 0 Å². The SMILES string of the molecule is CNC(=O)CS(=O)(=O)CC1CNC1. The minimum Gasteiger partial charge on any atom is -0.358 e. The van der Waals surface area contributed by atoms with Crippen LogP contribution in [0.15, 0.2) is 0 Å². The summed E-state index contributed by atoms with van der Waals surface area (Å²) >= 11 is 0. The van der Waals surface area contributed by atoms with Crippen LogP contribution in [-0.2, 0) is 14.6 Å². The lowest BCUT2D eigenvalue weighted by Crippen LogP contribution is -2.46. The highest BCUT2D eigenvalue weighted by molar-refractivity contribution is 7.92. The molecule has 6 heteroatoms. The number of nitrogens with one attached hydrogen (secondary N) is 2. The number of hydrogen-bond donors (Lipinski definition) is 2. The third-order valence-corrected chi connectivity index (χ3v) is 3.67. The molecule has 0 spiro atoms. The summed E-state index contributed by atoms with van der Waals surface area (Å²) in [4.78, 5) is 10.8. The molecule has 1 amide bonds. The van der Waals surface area contributed by atoms with E-state index in [1.54, 1.807) is 0 Å². The predicted octanol–water partition coefficient (Wildman–Crippen LogP) is -1.63. The average molecular weight is 206 g/mol. The Balaban J connectivity index is 2.40. The molecule has 0 bridgehead atoms. The van der Waals surface area contributed by atoms with Gasteiger partial charge in [-0.15, -0.1) is 0 Å². The quantitative estimate of drug-likeness (QED) is 0.579. The fraction of sp³-hybridized carbons (Fsp3) is 0.857. The highest BCUT2D eigenvalue weighted by Gasteiger charge is 2.25. The van der Waals surface area contributed by atoms with Crippen molar-refractivity contribution >= 4 is 15.7 Å². The number of sulfone groups is 1. The molecule has 5 nitrogen and oxygen atoms in total. The minimum absolute atomic E-state index is 0.118. The fourth-order valence-electron chi connectivity index (χ4n) is 1.16. The van der Waals surface area contributed by atoms with Crippen LogP contribution >= 0.6 is 0 Å². The Morgan fingerprint density at radius 2 is 2.15 bits per heavy atom. The zero-order chi connectivity index (χ0) is 9.90. The lowest BCUT2D eigenvalue weighted by atomic mass is 10.1. The third-order valence-electron chi connectivity index (χ3n) is 1.99. The predicted molar refractivity (Wildman–Crippen MR) is 49.1 cm³/mol. The summed E-state index contributed by atoms with van der Waals surface area (Å²) in [7, 11) is -1.77. The molecule has 0 radical (unpaired) electrons. The van der Waals surface area contributed by atoms with E-state index in [9.17, 15) is 13.2 Å². The van der Waals surface area contributed by atoms with E-state index in [1.165, 1.54) is 7.05 Å². The van der Waals surface area contributed by atoms with E-state index in [1.807, 2.05) is 0 Å². The third kappa shape index (κ3) is 3.31. The van der Waals surface area contributed by atoms with E-state index in [2.05, 4.69) is 10.6 Å². The van der Waals surface area contributed by atoms with Crippen LogP contribution < -0.4 is 10.6 Å². The highest BCUT2D eigenvalue weighted by atomic mass is 32.2. The molecule has 0 saturated carbocycles. The van der Waals surface area contributed by atoms with Crippen molar-refractivity contribution in [3.63, 3.8) is 0 Å². The van der Waals surface area contributed by atoms with E-state index in [-0.39, 0.29) is 17.4 Å². The second kappa shape index (κ2) is 4.06. The van der Waals surface area contributed by atoms with Crippen LogP contribution in [0.1, 0.15) is 0 Å².